The lowest BCUT2D eigenvalue weighted by Gasteiger charge is -1.98. The largest absolute Gasteiger partial charge is 0.423 e. The Morgan fingerprint density at radius 3 is 2.36 bits per heavy atom. The summed E-state index contributed by atoms with van der Waals surface area (Å²) >= 11 is 0. The van der Waals surface area contributed by atoms with E-state index in [9.17, 15) is 9.59 Å². The quantitative estimate of drug-likeness (QED) is 0.414. The van der Waals surface area contributed by atoms with Gasteiger partial charge in [-0.3, -0.25) is 4.79 Å². The molecular formula is C11H10O3. The van der Waals surface area contributed by atoms with E-state index in [1.807, 2.05) is 6.07 Å². The highest BCUT2D eigenvalue weighted by molar-refractivity contribution is 5.95. The molecule has 3 heteroatoms. The molecule has 1 rings (SSSR count). The van der Waals surface area contributed by atoms with Crippen molar-refractivity contribution in [3.8, 4) is 5.75 Å². The van der Waals surface area contributed by atoms with Crippen molar-refractivity contribution in [1.82, 2.24) is 0 Å². The van der Waals surface area contributed by atoms with Gasteiger partial charge >= 0.3 is 5.97 Å². The lowest BCUT2D eigenvalue weighted by molar-refractivity contribution is -0.129. The number of hydrogen-bond acceptors (Lipinski definition) is 3. The maximum absolute atomic E-state index is 11.1. The van der Waals surface area contributed by atoms with Crippen molar-refractivity contribution >= 4 is 11.8 Å². The molecule has 0 aliphatic carbocycles. The molecule has 0 unspecified atom stereocenters. The van der Waals surface area contributed by atoms with E-state index in [0.29, 0.717) is 5.75 Å². The van der Waals surface area contributed by atoms with Gasteiger partial charge in [0, 0.05) is 6.08 Å². The molecule has 1 aromatic carbocycles. The van der Waals surface area contributed by atoms with Crippen LogP contribution in [-0.4, -0.2) is 11.8 Å². The Hall–Kier alpha value is -1.90. The van der Waals surface area contributed by atoms with Gasteiger partial charge in [0.1, 0.15) is 5.75 Å². The predicted octanol–water partition coefficient (Wildman–Crippen LogP) is 1.74. The first-order valence-corrected chi connectivity index (χ1v) is 4.14. The summed E-state index contributed by atoms with van der Waals surface area (Å²) < 4.78 is 4.89. The minimum Gasteiger partial charge on any atom is -0.423 e. The van der Waals surface area contributed by atoms with Crippen LogP contribution in [0.1, 0.15) is 6.92 Å². The van der Waals surface area contributed by atoms with Crippen molar-refractivity contribution in [1.29, 1.82) is 0 Å². The Morgan fingerprint density at radius 1 is 1.14 bits per heavy atom. The molecule has 0 heterocycles. The molecule has 0 fully saturated rings. The van der Waals surface area contributed by atoms with Crippen LogP contribution in [0.15, 0.2) is 42.5 Å². The smallest absolute Gasteiger partial charge is 0.336 e. The molecule has 0 aromatic heterocycles. The fourth-order valence-corrected chi connectivity index (χ4v) is 0.824. The second kappa shape index (κ2) is 4.97. The SMILES string of the molecule is CC(=O)C=CC(=O)Oc1ccccc1. The highest BCUT2D eigenvalue weighted by Gasteiger charge is 1.98. The number of carbonyl (C=O) groups excluding carboxylic acids is 2. The third-order valence-electron chi connectivity index (χ3n) is 1.42. The number of para-hydroxylation sites is 1. The molecule has 3 nitrogen and oxygen atoms in total. The van der Waals surface area contributed by atoms with Crippen molar-refractivity contribution < 1.29 is 14.3 Å². The number of rotatable bonds is 3. The van der Waals surface area contributed by atoms with Crippen LogP contribution in [0.5, 0.6) is 5.75 Å². The summed E-state index contributed by atoms with van der Waals surface area (Å²) in [7, 11) is 0. The molecular weight excluding hydrogens is 180 g/mol. The Morgan fingerprint density at radius 2 is 1.79 bits per heavy atom. The average molecular weight is 190 g/mol. The zero-order valence-corrected chi connectivity index (χ0v) is 7.77. The lowest BCUT2D eigenvalue weighted by Crippen LogP contribution is -2.04. The maximum atomic E-state index is 11.1. The fraction of sp³-hybridized carbons (Fsp3) is 0.0909. The maximum Gasteiger partial charge on any atom is 0.336 e. The second-order valence-electron chi connectivity index (χ2n) is 2.68. The van der Waals surface area contributed by atoms with Crippen LogP contribution >= 0.6 is 0 Å². The Labute approximate surface area is 82.0 Å². The lowest BCUT2D eigenvalue weighted by atomic mass is 10.3. The molecule has 0 saturated heterocycles. The molecule has 0 bridgehead atoms. The Kier molecular flexibility index (Phi) is 3.61. The summed E-state index contributed by atoms with van der Waals surface area (Å²) in [5.74, 6) is -0.271. The van der Waals surface area contributed by atoms with Crippen molar-refractivity contribution in [2.75, 3.05) is 0 Å². The molecule has 1 aromatic rings. The van der Waals surface area contributed by atoms with Gasteiger partial charge in [0.25, 0.3) is 0 Å². The second-order valence-corrected chi connectivity index (χ2v) is 2.68. The van der Waals surface area contributed by atoms with Crippen molar-refractivity contribution in [3.63, 3.8) is 0 Å². The number of hydrogen-bond donors (Lipinski definition) is 0. The number of benzene rings is 1. The summed E-state index contributed by atoms with van der Waals surface area (Å²) in [4.78, 5) is 21.6. The number of allylic oxidation sites excluding steroid dienone is 1. The van der Waals surface area contributed by atoms with Crippen LogP contribution in [0, 0.1) is 0 Å². The van der Waals surface area contributed by atoms with Gasteiger partial charge in [0.2, 0.25) is 0 Å². The van der Waals surface area contributed by atoms with Gasteiger partial charge in [-0.2, -0.15) is 0 Å². The fourth-order valence-electron chi connectivity index (χ4n) is 0.824. The minimum absolute atomic E-state index is 0.185. The van der Waals surface area contributed by atoms with Gasteiger partial charge < -0.3 is 4.74 Å². The number of carbonyl (C=O) groups is 2. The van der Waals surface area contributed by atoms with Gasteiger partial charge in [0.05, 0.1) is 0 Å². The van der Waals surface area contributed by atoms with Crippen LogP contribution in [0.4, 0.5) is 0 Å². The van der Waals surface area contributed by atoms with Gasteiger partial charge in [-0.15, -0.1) is 0 Å². The Balaban J connectivity index is 2.54. The summed E-state index contributed by atoms with van der Waals surface area (Å²) in [6.07, 6.45) is 2.28. The highest BCUT2D eigenvalue weighted by atomic mass is 16.5. The van der Waals surface area contributed by atoms with E-state index in [4.69, 9.17) is 4.74 Å². The molecule has 0 saturated carbocycles. The van der Waals surface area contributed by atoms with Crippen molar-refractivity contribution in [2.45, 2.75) is 6.92 Å². The van der Waals surface area contributed by atoms with E-state index in [1.165, 1.54) is 13.0 Å². The van der Waals surface area contributed by atoms with Crippen LogP contribution in [0.3, 0.4) is 0 Å². The first-order chi connectivity index (χ1) is 6.68. The summed E-state index contributed by atoms with van der Waals surface area (Å²) in [5, 5.41) is 0. The van der Waals surface area contributed by atoms with E-state index in [-0.39, 0.29) is 5.78 Å². The predicted molar refractivity (Wildman–Crippen MR) is 51.9 cm³/mol. The zero-order valence-electron chi connectivity index (χ0n) is 7.77. The van der Waals surface area contributed by atoms with E-state index in [2.05, 4.69) is 0 Å². The van der Waals surface area contributed by atoms with Crippen molar-refractivity contribution in [3.05, 3.63) is 42.5 Å². The first kappa shape index (κ1) is 10.2. The molecule has 0 N–H and O–H groups in total. The monoisotopic (exact) mass is 190 g/mol. The van der Waals surface area contributed by atoms with Crippen LogP contribution < -0.4 is 4.74 Å². The number of ketones is 1. The first-order valence-electron chi connectivity index (χ1n) is 4.14. The number of esters is 1. The van der Waals surface area contributed by atoms with Crippen molar-refractivity contribution in [2.24, 2.45) is 0 Å². The van der Waals surface area contributed by atoms with E-state index < -0.39 is 5.97 Å². The van der Waals surface area contributed by atoms with E-state index >= 15 is 0 Å². The van der Waals surface area contributed by atoms with E-state index in [0.717, 1.165) is 6.08 Å². The summed E-state index contributed by atoms with van der Waals surface area (Å²) in [6, 6.07) is 8.68. The third-order valence-corrected chi connectivity index (χ3v) is 1.42. The normalized spacial score (nSPS) is 10.1. The Bertz CT molecular complexity index is 352. The van der Waals surface area contributed by atoms with Gasteiger partial charge in [-0.1, -0.05) is 18.2 Å². The van der Waals surface area contributed by atoms with Gasteiger partial charge in [-0.25, -0.2) is 4.79 Å². The van der Waals surface area contributed by atoms with Gasteiger partial charge in [0.15, 0.2) is 5.78 Å². The number of ether oxygens (including phenoxy) is 1. The molecule has 0 spiro atoms. The average Bonchev–Trinajstić information content (AvgIpc) is 2.16. The van der Waals surface area contributed by atoms with E-state index in [1.54, 1.807) is 24.3 Å². The van der Waals surface area contributed by atoms with Crippen LogP contribution in [-0.2, 0) is 9.59 Å². The third kappa shape index (κ3) is 3.67. The summed E-state index contributed by atoms with van der Waals surface area (Å²) in [6.45, 7) is 1.37. The van der Waals surface area contributed by atoms with Crippen LogP contribution in [0.2, 0.25) is 0 Å². The van der Waals surface area contributed by atoms with Crippen LogP contribution in [0.25, 0.3) is 0 Å². The molecule has 0 atom stereocenters. The van der Waals surface area contributed by atoms with Gasteiger partial charge in [-0.05, 0) is 25.1 Å². The molecule has 0 amide bonds. The summed E-state index contributed by atoms with van der Waals surface area (Å²) in [5.41, 5.74) is 0. The standard InChI is InChI=1S/C11H10O3/c1-9(12)7-8-11(13)14-10-5-3-2-4-6-10/h2-8H,1H3. The topological polar surface area (TPSA) is 43.4 Å². The zero-order chi connectivity index (χ0) is 10.4. The molecule has 14 heavy (non-hydrogen) atoms. The minimum atomic E-state index is -0.550. The molecule has 0 radical (unpaired) electrons. The molecule has 72 valence electrons. The molecule has 0 aliphatic rings. The molecule has 0 aliphatic heterocycles. The highest BCUT2D eigenvalue weighted by Crippen LogP contribution is 2.08.